The highest BCUT2D eigenvalue weighted by molar-refractivity contribution is 4.88. The zero-order valence-electron chi connectivity index (χ0n) is 12.4. The highest BCUT2D eigenvalue weighted by Gasteiger charge is 2.30. The maximum absolute atomic E-state index is 3.71. The zero-order chi connectivity index (χ0) is 12.9. The standard InChI is InChI=1S/C16H31N3/c1-4-10-18(11-5-1)12-13-19(16-7-8-16)14-15-6-2-3-9-17-15/h15-17H,1-14H2. The summed E-state index contributed by atoms with van der Waals surface area (Å²) in [5.41, 5.74) is 0. The van der Waals surface area contributed by atoms with Gasteiger partial charge in [-0.25, -0.2) is 0 Å². The molecule has 0 bridgehead atoms. The summed E-state index contributed by atoms with van der Waals surface area (Å²) in [6, 6.07) is 1.70. The third-order valence-electron chi connectivity index (χ3n) is 5.08. The van der Waals surface area contributed by atoms with Crippen LogP contribution in [0.25, 0.3) is 0 Å². The Balaban J connectivity index is 1.41. The summed E-state index contributed by atoms with van der Waals surface area (Å²) < 4.78 is 0. The second-order valence-corrected chi connectivity index (χ2v) is 6.78. The lowest BCUT2D eigenvalue weighted by Gasteiger charge is -2.33. The SMILES string of the molecule is C1CCN(CCN(CC2CCCCN2)C2CC2)CC1. The Morgan fingerprint density at radius 2 is 1.79 bits per heavy atom. The molecule has 1 N–H and O–H groups in total. The molecule has 1 unspecified atom stereocenters. The molecule has 3 rings (SSSR count). The molecule has 1 atom stereocenters. The van der Waals surface area contributed by atoms with Gasteiger partial charge in [0.2, 0.25) is 0 Å². The van der Waals surface area contributed by atoms with Gasteiger partial charge in [0.15, 0.2) is 0 Å². The average Bonchev–Trinajstić information content (AvgIpc) is 3.30. The number of piperidine rings is 2. The molecule has 110 valence electrons. The summed E-state index contributed by atoms with van der Waals surface area (Å²) in [5, 5.41) is 3.71. The number of rotatable bonds is 6. The van der Waals surface area contributed by atoms with E-state index in [1.807, 2.05) is 0 Å². The van der Waals surface area contributed by atoms with Crippen LogP contribution in [0.4, 0.5) is 0 Å². The van der Waals surface area contributed by atoms with Crippen LogP contribution >= 0.6 is 0 Å². The van der Waals surface area contributed by atoms with Crippen molar-refractivity contribution in [1.29, 1.82) is 0 Å². The molecule has 0 aromatic rings. The van der Waals surface area contributed by atoms with E-state index in [4.69, 9.17) is 0 Å². The average molecular weight is 265 g/mol. The summed E-state index contributed by atoms with van der Waals surface area (Å²) in [7, 11) is 0. The van der Waals surface area contributed by atoms with Crippen LogP contribution in [0.5, 0.6) is 0 Å². The van der Waals surface area contributed by atoms with Crippen molar-refractivity contribution in [3.8, 4) is 0 Å². The molecule has 1 saturated carbocycles. The van der Waals surface area contributed by atoms with E-state index < -0.39 is 0 Å². The first-order chi connectivity index (χ1) is 9.42. The molecule has 19 heavy (non-hydrogen) atoms. The Bertz CT molecular complexity index is 253. The van der Waals surface area contributed by atoms with Gasteiger partial charge in [-0.1, -0.05) is 12.8 Å². The molecule has 3 fully saturated rings. The van der Waals surface area contributed by atoms with Gasteiger partial charge < -0.3 is 10.2 Å². The second kappa shape index (κ2) is 7.05. The van der Waals surface area contributed by atoms with E-state index in [2.05, 4.69) is 15.1 Å². The van der Waals surface area contributed by atoms with Gasteiger partial charge in [0.1, 0.15) is 0 Å². The van der Waals surface area contributed by atoms with Gasteiger partial charge in [0.05, 0.1) is 0 Å². The fourth-order valence-electron chi connectivity index (χ4n) is 3.68. The van der Waals surface area contributed by atoms with Crippen molar-refractivity contribution in [2.75, 3.05) is 39.3 Å². The molecule has 0 aromatic heterocycles. The molecule has 1 aliphatic carbocycles. The van der Waals surface area contributed by atoms with Crippen molar-refractivity contribution in [2.24, 2.45) is 0 Å². The summed E-state index contributed by atoms with van der Waals surface area (Å²) in [5.74, 6) is 0. The summed E-state index contributed by atoms with van der Waals surface area (Å²) in [6.45, 7) is 7.86. The lowest BCUT2D eigenvalue weighted by atomic mass is 10.0. The Morgan fingerprint density at radius 1 is 0.947 bits per heavy atom. The van der Waals surface area contributed by atoms with Gasteiger partial charge in [-0.3, -0.25) is 4.90 Å². The maximum Gasteiger partial charge on any atom is 0.0195 e. The molecular formula is C16H31N3. The second-order valence-electron chi connectivity index (χ2n) is 6.78. The van der Waals surface area contributed by atoms with Crippen molar-refractivity contribution < 1.29 is 0 Å². The van der Waals surface area contributed by atoms with Crippen LogP contribution in [0, 0.1) is 0 Å². The molecule has 3 heteroatoms. The summed E-state index contributed by atoms with van der Waals surface area (Å²) in [4.78, 5) is 5.48. The van der Waals surface area contributed by atoms with Crippen molar-refractivity contribution in [1.82, 2.24) is 15.1 Å². The first-order valence-electron chi connectivity index (χ1n) is 8.61. The van der Waals surface area contributed by atoms with Crippen LogP contribution in [0.3, 0.4) is 0 Å². The molecule has 2 saturated heterocycles. The zero-order valence-corrected chi connectivity index (χ0v) is 12.4. The molecule has 0 aromatic carbocycles. The maximum atomic E-state index is 3.71. The first kappa shape index (κ1) is 13.8. The van der Waals surface area contributed by atoms with E-state index >= 15 is 0 Å². The predicted octanol–water partition coefficient (Wildman–Crippen LogP) is 2.08. The third kappa shape index (κ3) is 4.44. The Labute approximate surface area is 118 Å². The van der Waals surface area contributed by atoms with Crippen LogP contribution in [0.15, 0.2) is 0 Å². The molecule has 3 aliphatic rings. The third-order valence-corrected chi connectivity index (χ3v) is 5.08. The molecule has 2 aliphatic heterocycles. The van der Waals surface area contributed by atoms with E-state index in [0.717, 1.165) is 12.1 Å². The van der Waals surface area contributed by atoms with Crippen molar-refractivity contribution in [2.45, 2.75) is 63.5 Å². The molecule has 0 radical (unpaired) electrons. The number of likely N-dealkylation sites (tertiary alicyclic amines) is 1. The lowest BCUT2D eigenvalue weighted by Crippen LogP contribution is -2.47. The van der Waals surface area contributed by atoms with Crippen LogP contribution in [0.2, 0.25) is 0 Å². The monoisotopic (exact) mass is 265 g/mol. The molecule has 2 heterocycles. The Morgan fingerprint density at radius 3 is 2.47 bits per heavy atom. The van der Waals surface area contributed by atoms with Gasteiger partial charge in [0.25, 0.3) is 0 Å². The van der Waals surface area contributed by atoms with Crippen molar-refractivity contribution in [3.05, 3.63) is 0 Å². The Hall–Kier alpha value is -0.120. The van der Waals surface area contributed by atoms with E-state index in [-0.39, 0.29) is 0 Å². The van der Waals surface area contributed by atoms with Gasteiger partial charge in [0, 0.05) is 31.7 Å². The largest absolute Gasteiger partial charge is 0.313 e. The number of hydrogen-bond acceptors (Lipinski definition) is 3. The smallest absolute Gasteiger partial charge is 0.0195 e. The quantitative estimate of drug-likeness (QED) is 0.793. The van der Waals surface area contributed by atoms with Gasteiger partial charge >= 0.3 is 0 Å². The molecule has 0 amide bonds. The van der Waals surface area contributed by atoms with E-state index in [0.29, 0.717) is 0 Å². The number of nitrogens with one attached hydrogen (secondary N) is 1. The lowest BCUT2D eigenvalue weighted by molar-refractivity contribution is 0.162. The normalized spacial score (nSPS) is 29.8. The molecular weight excluding hydrogens is 234 g/mol. The van der Waals surface area contributed by atoms with E-state index in [9.17, 15) is 0 Å². The highest BCUT2D eigenvalue weighted by atomic mass is 15.2. The highest BCUT2D eigenvalue weighted by Crippen LogP contribution is 2.27. The topological polar surface area (TPSA) is 18.5 Å². The summed E-state index contributed by atoms with van der Waals surface area (Å²) in [6.07, 6.45) is 11.4. The fraction of sp³-hybridized carbons (Fsp3) is 1.00. The van der Waals surface area contributed by atoms with Crippen LogP contribution in [-0.4, -0.2) is 61.2 Å². The fourth-order valence-corrected chi connectivity index (χ4v) is 3.68. The minimum absolute atomic E-state index is 0.774. The first-order valence-corrected chi connectivity index (χ1v) is 8.61. The molecule has 3 nitrogen and oxygen atoms in total. The molecule has 0 spiro atoms. The number of nitrogens with zero attached hydrogens (tertiary/aromatic N) is 2. The van der Waals surface area contributed by atoms with Gasteiger partial charge in [-0.15, -0.1) is 0 Å². The van der Waals surface area contributed by atoms with Crippen LogP contribution in [0.1, 0.15) is 51.4 Å². The van der Waals surface area contributed by atoms with Gasteiger partial charge in [-0.05, 0) is 58.2 Å². The summed E-state index contributed by atoms with van der Waals surface area (Å²) >= 11 is 0. The van der Waals surface area contributed by atoms with E-state index in [1.54, 1.807) is 0 Å². The van der Waals surface area contributed by atoms with E-state index in [1.165, 1.54) is 90.6 Å². The minimum Gasteiger partial charge on any atom is -0.313 e. The van der Waals surface area contributed by atoms with Crippen molar-refractivity contribution >= 4 is 0 Å². The predicted molar refractivity (Wildman–Crippen MR) is 80.5 cm³/mol. The Kier molecular flexibility index (Phi) is 5.14. The van der Waals surface area contributed by atoms with Crippen LogP contribution in [-0.2, 0) is 0 Å². The van der Waals surface area contributed by atoms with Crippen LogP contribution < -0.4 is 5.32 Å². The number of hydrogen-bond donors (Lipinski definition) is 1. The minimum atomic E-state index is 0.774. The van der Waals surface area contributed by atoms with Gasteiger partial charge in [-0.2, -0.15) is 0 Å². The van der Waals surface area contributed by atoms with Crippen molar-refractivity contribution in [3.63, 3.8) is 0 Å².